The molecule has 0 aliphatic carbocycles. The van der Waals surface area contributed by atoms with Crippen LogP contribution in [0.1, 0.15) is 5.56 Å². The third kappa shape index (κ3) is 5.30. The maximum absolute atomic E-state index is 12.3. The van der Waals surface area contributed by atoms with Gasteiger partial charge in [-0.25, -0.2) is 0 Å². The van der Waals surface area contributed by atoms with Gasteiger partial charge in [0.1, 0.15) is 11.6 Å². The Kier molecular flexibility index (Phi) is 6.40. The number of nitriles is 1. The number of ether oxygens (including phenoxy) is 1. The summed E-state index contributed by atoms with van der Waals surface area (Å²) in [4.78, 5) is 14.6. The van der Waals surface area contributed by atoms with Gasteiger partial charge >= 0.3 is 0 Å². The molecule has 1 heterocycles. The topological polar surface area (TPSA) is 65.4 Å². The molecule has 3 rings (SSSR count). The van der Waals surface area contributed by atoms with Crippen molar-refractivity contribution in [3.8, 4) is 6.07 Å². The largest absolute Gasteiger partial charge is 0.378 e. The van der Waals surface area contributed by atoms with E-state index in [1.54, 1.807) is 6.08 Å². The van der Waals surface area contributed by atoms with E-state index in [1.807, 2.05) is 66.7 Å². The van der Waals surface area contributed by atoms with Gasteiger partial charge in [0.25, 0.3) is 5.91 Å². The van der Waals surface area contributed by atoms with Crippen LogP contribution in [0.25, 0.3) is 6.08 Å². The first-order valence-corrected chi connectivity index (χ1v) is 8.84. The van der Waals surface area contributed by atoms with E-state index in [9.17, 15) is 10.1 Å². The number of anilines is 2. The zero-order valence-electron chi connectivity index (χ0n) is 15.0. The molecule has 5 nitrogen and oxygen atoms in total. The van der Waals surface area contributed by atoms with Gasteiger partial charge in [-0.1, -0.05) is 42.5 Å². The first-order chi connectivity index (χ1) is 13.3. The first-order valence-electron chi connectivity index (χ1n) is 8.84. The Hall–Kier alpha value is -3.36. The van der Waals surface area contributed by atoms with Crippen LogP contribution in [0, 0.1) is 11.3 Å². The van der Waals surface area contributed by atoms with Gasteiger partial charge in [-0.05, 0) is 35.9 Å². The second kappa shape index (κ2) is 9.37. The molecular formula is C22H21N3O2. The molecule has 1 aliphatic rings. The molecular weight excluding hydrogens is 338 g/mol. The molecule has 1 fully saturated rings. The molecule has 136 valence electrons. The third-order valence-corrected chi connectivity index (χ3v) is 4.22. The Morgan fingerprint density at radius 1 is 1.07 bits per heavy atom. The highest BCUT2D eigenvalue weighted by Crippen LogP contribution is 2.19. The summed E-state index contributed by atoms with van der Waals surface area (Å²) in [6, 6.07) is 19.3. The van der Waals surface area contributed by atoms with E-state index in [0.29, 0.717) is 5.69 Å². The van der Waals surface area contributed by atoms with Crippen LogP contribution in [0.5, 0.6) is 0 Å². The molecule has 0 saturated carbocycles. The Morgan fingerprint density at radius 3 is 2.44 bits per heavy atom. The minimum Gasteiger partial charge on any atom is -0.378 e. The SMILES string of the molecule is N#C/C(=C/C=C/c1ccccc1)C(=O)Nc1ccc(N2CCOCC2)cc1. The summed E-state index contributed by atoms with van der Waals surface area (Å²) in [6.07, 6.45) is 5.07. The number of hydrogen-bond acceptors (Lipinski definition) is 4. The average molecular weight is 359 g/mol. The van der Waals surface area contributed by atoms with Crippen LogP contribution in [0.4, 0.5) is 11.4 Å². The number of nitrogens with zero attached hydrogens (tertiary/aromatic N) is 2. The van der Waals surface area contributed by atoms with Crippen LogP contribution in [-0.2, 0) is 9.53 Å². The summed E-state index contributed by atoms with van der Waals surface area (Å²) < 4.78 is 5.36. The number of amides is 1. The maximum Gasteiger partial charge on any atom is 0.266 e. The fraction of sp³-hybridized carbons (Fsp3) is 0.182. The van der Waals surface area contributed by atoms with Crippen LogP contribution < -0.4 is 10.2 Å². The summed E-state index contributed by atoms with van der Waals surface area (Å²) in [5.74, 6) is -0.422. The highest BCUT2D eigenvalue weighted by Gasteiger charge is 2.12. The van der Waals surface area contributed by atoms with Crippen molar-refractivity contribution in [2.75, 3.05) is 36.5 Å². The zero-order valence-corrected chi connectivity index (χ0v) is 15.0. The molecule has 0 aromatic heterocycles. The molecule has 2 aromatic carbocycles. The van der Waals surface area contributed by atoms with Gasteiger partial charge in [-0.15, -0.1) is 0 Å². The summed E-state index contributed by atoms with van der Waals surface area (Å²) in [7, 11) is 0. The highest BCUT2D eigenvalue weighted by atomic mass is 16.5. The second-order valence-electron chi connectivity index (χ2n) is 6.06. The Balaban J connectivity index is 1.61. The monoisotopic (exact) mass is 359 g/mol. The molecule has 0 radical (unpaired) electrons. The smallest absolute Gasteiger partial charge is 0.266 e. The predicted octanol–water partition coefficient (Wildman–Crippen LogP) is 3.63. The van der Waals surface area contributed by atoms with Crippen molar-refractivity contribution in [3.05, 3.63) is 77.9 Å². The van der Waals surface area contributed by atoms with Crippen molar-refractivity contribution in [2.24, 2.45) is 0 Å². The lowest BCUT2D eigenvalue weighted by atomic mass is 10.2. The lowest BCUT2D eigenvalue weighted by Gasteiger charge is -2.28. The number of carbonyl (C=O) groups is 1. The van der Waals surface area contributed by atoms with Gasteiger partial charge in [0.15, 0.2) is 0 Å². The number of morpholine rings is 1. The number of hydrogen-bond donors (Lipinski definition) is 1. The minimum atomic E-state index is -0.422. The van der Waals surface area contributed by atoms with Crippen LogP contribution in [0.15, 0.2) is 72.3 Å². The van der Waals surface area contributed by atoms with Gasteiger partial charge in [-0.3, -0.25) is 4.79 Å². The van der Waals surface area contributed by atoms with Gasteiger partial charge in [0.2, 0.25) is 0 Å². The van der Waals surface area contributed by atoms with E-state index in [1.165, 1.54) is 6.08 Å². The molecule has 1 amide bonds. The van der Waals surface area contributed by atoms with Gasteiger partial charge in [0, 0.05) is 24.5 Å². The fourth-order valence-corrected chi connectivity index (χ4v) is 2.76. The second-order valence-corrected chi connectivity index (χ2v) is 6.06. The normalized spacial score (nSPS) is 14.8. The number of benzene rings is 2. The van der Waals surface area contributed by atoms with E-state index in [4.69, 9.17) is 4.74 Å². The van der Waals surface area contributed by atoms with Crippen LogP contribution >= 0.6 is 0 Å². The molecule has 0 spiro atoms. The molecule has 1 aliphatic heterocycles. The molecule has 0 unspecified atom stereocenters. The highest BCUT2D eigenvalue weighted by molar-refractivity contribution is 6.06. The Bertz CT molecular complexity index is 859. The lowest BCUT2D eigenvalue weighted by molar-refractivity contribution is -0.112. The fourth-order valence-electron chi connectivity index (χ4n) is 2.76. The summed E-state index contributed by atoms with van der Waals surface area (Å²) in [6.45, 7) is 3.18. The molecule has 27 heavy (non-hydrogen) atoms. The molecule has 5 heteroatoms. The predicted molar refractivity (Wildman–Crippen MR) is 107 cm³/mol. The summed E-state index contributed by atoms with van der Waals surface area (Å²) in [5, 5.41) is 12.0. The molecule has 1 saturated heterocycles. The zero-order chi connectivity index (χ0) is 18.9. The van der Waals surface area contributed by atoms with E-state index in [2.05, 4.69) is 10.2 Å². The Labute approximate surface area is 159 Å². The number of rotatable bonds is 5. The number of carbonyl (C=O) groups excluding carboxylic acids is 1. The average Bonchev–Trinajstić information content (AvgIpc) is 2.73. The minimum absolute atomic E-state index is 0.0550. The van der Waals surface area contributed by atoms with Crippen molar-refractivity contribution in [1.82, 2.24) is 0 Å². The maximum atomic E-state index is 12.3. The number of allylic oxidation sites excluding steroid dienone is 2. The van der Waals surface area contributed by atoms with Gasteiger partial charge in [0.05, 0.1) is 13.2 Å². The first kappa shape index (κ1) is 18.4. The lowest BCUT2D eigenvalue weighted by Crippen LogP contribution is -2.36. The summed E-state index contributed by atoms with van der Waals surface area (Å²) >= 11 is 0. The number of nitrogens with one attached hydrogen (secondary N) is 1. The van der Waals surface area contributed by atoms with Crippen molar-refractivity contribution in [1.29, 1.82) is 5.26 Å². The van der Waals surface area contributed by atoms with Crippen molar-refractivity contribution in [2.45, 2.75) is 0 Å². The molecule has 1 N–H and O–H groups in total. The van der Waals surface area contributed by atoms with Crippen molar-refractivity contribution in [3.63, 3.8) is 0 Å². The Morgan fingerprint density at radius 2 is 1.78 bits per heavy atom. The van der Waals surface area contributed by atoms with E-state index in [-0.39, 0.29) is 5.57 Å². The summed E-state index contributed by atoms with van der Waals surface area (Å²) in [5.41, 5.74) is 2.81. The van der Waals surface area contributed by atoms with Crippen LogP contribution in [0.3, 0.4) is 0 Å². The third-order valence-electron chi connectivity index (χ3n) is 4.22. The van der Waals surface area contributed by atoms with Crippen LogP contribution in [-0.4, -0.2) is 32.2 Å². The quantitative estimate of drug-likeness (QED) is 0.503. The van der Waals surface area contributed by atoms with Crippen molar-refractivity contribution < 1.29 is 9.53 Å². The van der Waals surface area contributed by atoms with Crippen LogP contribution in [0.2, 0.25) is 0 Å². The van der Waals surface area contributed by atoms with E-state index < -0.39 is 5.91 Å². The molecule has 0 atom stereocenters. The molecule has 0 bridgehead atoms. The van der Waals surface area contributed by atoms with Gasteiger partial charge in [-0.2, -0.15) is 5.26 Å². The molecule has 2 aromatic rings. The van der Waals surface area contributed by atoms with E-state index in [0.717, 1.165) is 37.6 Å². The van der Waals surface area contributed by atoms with Gasteiger partial charge < -0.3 is 15.0 Å². The standard InChI is InChI=1S/C22H21N3O2/c23-17-19(8-4-7-18-5-2-1-3-6-18)22(26)24-20-9-11-21(12-10-20)25-13-15-27-16-14-25/h1-12H,13-16H2,(H,24,26)/b7-4+,19-8-. The van der Waals surface area contributed by atoms with Crippen molar-refractivity contribution >= 4 is 23.4 Å². The van der Waals surface area contributed by atoms with E-state index >= 15 is 0 Å².